The highest BCUT2D eigenvalue weighted by atomic mass is 16.3. The Bertz CT molecular complexity index is 860. The number of aliphatic hydroxyl groups excluding tert-OH is 2. The molecule has 0 heterocycles. The highest BCUT2D eigenvalue weighted by Crippen LogP contribution is 2.18. The molecule has 0 aliphatic heterocycles. The van der Waals surface area contributed by atoms with Crippen LogP contribution < -0.4 is 5.32 Å². The molecule has 4 nitrogen and oxygen atoms in total. The molecule has 0 spiro atoms. The molecule has 0 rings (SSSR count). The van der Waals surface area contributed by atoms with Crippen molar-refractivity contribution in [1.29, 1.82) is 0 Å². The molecule has 0 aliphatic carbocycles. The van der Waals surface area contributed by atoms with Gasteiger partial charge in [-0.1, -0.05) is 321 Å². The summed E-state index contributed by atoms with van der Waals surface area (Å²) in [6, 6.07) is -0.618. The van der Waals surface area contributed by atoms with Crippen molar-refractivity contribution >= 4 is 5.91 Å². The van der Waals surface area contributed by atoms with Crippen LogP contribution in [0.1, 0.15) is 335 Å². The zero-order valence-electron chi connectivity index (χ0n) is 42.7. The van der Waals surface area contributed by atoms with Crippen LogP contribution in [0.5, 0.6) is 0 Å². The third kappa shape index (κ3) is 50.1. The summed E-state index contributed by atoms with van der Waals surface area (Å²) in [6.07, 6.45) is 71.0. The molecular weight excluding hydrogens is 759 g/mol. The summed E-state index contributed by atoms with van der Waals surface area (Å²) in [4.78, 5) is 12.5. The third-order valence-corrected chi connectivity index (χ3v) is 13.8. The number of hydrogen-bond acceptors (Lipinski definition) is 3. The fourth-order valence-electron chi connectivity index (χ4n) is 9.36. The largest absolute Gasteiger partial charge is 0.394 e. The number of nitrogens with one attached hydrogen (secondary N) is 1. The van der Waals surface area contributed by atoms with Crippen LogP contribution >= 0.6 is 0 Å². The second-order valence-corrected chi connectivity index (χ2v) is 20.1. The lowest BCUT2D eigenvalue weighted by Gasteiger charge is -2.20. The van der Waals surface area contributed by atoms with Gasteiger partial charge in [-0.15, -0.1) is 0 Å². The number of unbranched alkanes of at least 4 members (excludes halogenated alkanes) is 47. The Morgan fingerprint density at radius 2 is 0.597 bits per heavy atom. The Labute approximate surface area is 390 Å². The molecule has 1 amide bonds. The minimum absolute atomic E-state index is 0.0557. The molecule has 2 atom stereocenters. The van der Waals surface area contributed by atoms with E-state index in [9.17, 15) is 15.0 Å². The summed E-state index contributed by atoms with van der Waals surface area (Å²) in [5.74, 6) is -0.0557. The van der Waals surface area contributed by atoms with Gasteiger partial charge in [-0.3, -0.25) is 4.79 Å². The van der Waals surface area contributed by atoms with E-state index in [1.165, 1.54) is 289 Å². The summed E-state index contributed by atoms with van der Waals surface area (Å²) in [7, 11) is 0. The number of carbonyl (C=O) groups is 1. The normalized spacial score (nSPS) is 12.8. The van der Waals surface area contributed by atoms with Crippen molar-refractivity contribution in [3.05, 3.63) is 12.2 Å². The minimum Gasteiger partial charge on any atom is -0.394 e. The Hall–Kier alpha value is -0.870. The van der Waals surface area contributed by atoms with Crippen LogP contribution in [0.4, 0.5) is 0 Å². The standard InChI is InChI=1S/C58H115NO3/c1-3-5-7-9-11-13-15-17-19-21-23-25-26-27-28-29-30-31-32-34-35-37-39-41-43-45-47-49-51-53-57(61)56(55-60)59-58(62)54-52-50-48-46-44-42-40-38-36-33-24-22-20-18-16-14-12-10-8-6-4-2/h51,53,56-57,60-61H,3-50,52,54-55H2,1-2H3,(H,59,62)/b53-51+. The lowest BCUT2D eigenvalue weighted by atomic mass is 10.0. The summed E-state index contributed by atoms with van der Waals surface area (Å²) >= 11 is 0. The minimum atomic E-state index is -0.836. The van der Waals surface area contributed by atoms with Crippen molar-refractivity contribution in [1.82, 2.24) is 5.32 Å². The van der Waals surface area contributed by atoms with E-state index in [1.807, 2.05) is 6.08 Å². The number of rotatable bonds is 54. The molecule has 4 heteroatoms. The van der Waals surface area contributed by atoms with Gasteiger partial charge in [0.1, 0.15) is 0 Å². The zero-order valence-corrected chi connectivity index (χ0v) is 42.7. The molecule has 0 radical (unpaired) electrons. The van der Waals surface area contributed by atoms with Crippen LogP contribution in [-0.4, -0.2) is 34.9 Å². The molecule has 0 aromatic heterocycles. The van der Waals surface area contributed by atoms with Gasteiger partial charge in [-0.05, 0) is 19.3 Å². The molecule has 2 unspecified atom stereocenters. The van der Waals surface area contributed by atoms with E-state index in [-0.39, 0.29) is 12.5 Å². The van der Waals surface area contributed by atoms with Crippen LogP contribution in [0.25, 0.3) is 0 Å². The van der Waals surface area contributed by atoms with Crippen molar-refractivity contribution in [3.63, 3.8) is 0 Å². The van der Waals surface area contributed by atoms with Crippen molar-refractivity contribution in [2.75, 3.05) is 6.61 Å². The first-order valence-electron chi connectivity index (χ1n) is 28.9. The van der Waals surface area contributed by atoms with E-state index in [1.54, 1.807) is 6.08 Å². The highest BCUT2D eigenvalue weighted by Gasteiger charge is 2.18. The van der Waals surface area contributed by atoms with Crippen molar-refractivity contribution in [2.45, 2.75) is 347 Å². The van der Waals surface area contributed by atoms with Gasteiger partial charge < -0.3 is 15.5 Å². The molecule has 0 saturated heterocycles. The van der Waals surface area contributed by atoms with Gasteiger partial charge in [0.05, 0.1) is 18.8 Å². The molecule has 3 N–H and O–H groups in total. The number of carbonyl (C=O) groups excluding carboxylic acids is 1. The van der Waals surface area contributed by atoms with Crippen LogP contribution in [0.15, 0.2) is 12.2 Å². The number of hydrogen-bond donors (Lipinski definition) is 3. The quantitative estimate of drug-likeness (QED) is 0.0421. The Kier molecular flexibility index (Phi) is 53.7. The maximum Gasteiger partial charge on any atom is 0.220 e. The van der Waals surface area contributed by atoms with Crippen LogP contribution in [0.2, 0.25) is 0 Å². The maximum atomic E-state index is 12.5. The SMILES string of the molecule is CCCCCCCCCCCCCCCCCCCCCCCCCCCCC/C=C/C(O)C(CO)NC(=O)CCCCCCCCCCCCCCCCCCCCCCC. The number of allylic oxidation sites excluding steroid dienone is 1. The van der Waals surface area contributed by atoms with E-state index in [0.717, 1.165) is 25.7 Å². The number of amides is 1. The van der Waals surface area contributed by atoms with Gasteiger partial charge in [-0.25, -0.2) is 0 Å². The highest BCUT2D eigenvalue weighted by molar-refractivity contribution is 5.76. The molecule has 0 aromatic carbocycles. The summed E-state index contributed by atoms with van der Waals surface area (Å²) in [6.45, 7) is 4.36. The second-order valence-electron chi connectivity index (χ2n) is 20.1. The van der Waals surface area contributed by atoms with Crippen molar-refractivity contribution < 1.29 is 15.0 Å². The van der Waals surface area contributed by atoms with Gasteiger partial charge in [0.2, 0.25) is 5.91 Å². The van der Waals surface area contributed by atoms with Gasteiger partial charge in [0.25, 0.3) is 0 Å². The average Bonchev–Trinajstić information content (AvgIpc) is 3.28. The molecule has 0 saturated carbocycles. The first-order valence-corrected chi connectivity index (χ1v) is 28.9. The predicted molar refractivity (Wildman–Crippen MR) is 276 cm³/mol. The van der Waals surface area contributed by atoms with Crippen LogP contribution in [0, 0.1) is 0 Å². The van der Waals surface area contributed by atoms with Crippen LogP contribution in [0.3, 0.4) is 0 Å². The topological polar surface area (TPSA) is 69.6 Å². The first kappa shape index (κ1) is 61.1. The third-order valence-electron chi connectivity index (χ3n) is 13.8. The smallest absolute Gasteiger partial charge is 0.220 e. The zero-order chi connectivity index (χ0) is 44.9. The monoisotopic (exact) mass is 874 g/mol. The molecule has 62 heavy (non-hydrogen) atoms. The van der Waals surface area contributed by atoms with E-state index < -0.39 is 12.1 Å². The van der Waals surface area contributed by atoms with E-state index in [0.29, 0.717) is 6.42 Å². The Morgan fingerprint density at radius 3 is 0.839 bits per heavy atom. The van der Waals surface area contributed by atoms with Gasteiger partial charge in [0.15, 0.2) is 0 Å². The van der Waals surface area contributed by atoms with Gasteiger partial charge in [0, 0.05) is 6.42 Å². The molecule has 0 bridgehead atoms. The molecular formula is C58H115NO3. The molecule has 0 fully saturated rings. The predicted octanol–water partition coefficient (Wildman–Crippen LogP) is 18.9. The van der Waals surface area contributed by atoms with E-state index in [4.69, 9.17) is 0 Å². The summed E-state index contributed by atoms with van der Waals surface area (Å²) in [5, 5.41) is 23.2. The molecule has 0 aromatic rings. The Balaban J connectivity index is 3.44. The van der Waals surface area contributed by atoms with E-state index >= 15 is 0 Å². The van der Waals surface area contributed by atoms with E-state index in [2.05, 4.69) is 19.2 Å². The van der Waals surface area contributed by atoms with Crippen LogP contribution in [-0.2, 0) is 4.79 Å². The van der Waals surface area contributed by atoms with Crippen molar-refractivity contribution in [2.24, 2.45) is 0 Å². The summed E-state index contributed by atoms with van der Waals surface area (Å²) in [5.41, 5.74) is 0. The first-order chi connectivity index (χ1) is 30.7. The second kappa shape index (κ2) is 54.5. The summed E-state index contributed by atoms with van der Waals surface area (Å²) < 4.78 is 0. The fourth-order valence-corrected chi connectivity index (χ4v) is 9.36. The van der Waals surface area contributed by atoms with Gasteiger partial charge in [-0.2, -0.15) is 0 Å². The molecule has 0 aliphatic rings. The molecule has 370 valence electrons. The average molecular weight is 875 g/mol. The number of aliphatic hydroxyl groups is 2. The maximum absolute atomic E-state index is 12.5. The van der Waals surface area contributed by atoms with Gasteiger partial charge >= 0.3 is 0 Å². The Morgan fingerprint density at radius 1 is 0.371 bits per heavy atom. The fraction of sp³-hybridized carbons (Fsp3) is 0.948. The van der Waals surface area contributed by atoms with Crippen molar-refractivity contribution in [3.8, 4) is 0 Å². The lowest BCUT2D eigenvalue weighted by Crippen LogP contribution is -2.45. The lowest BCUT2D eigenvalue weighted by molar-refractivity contribution is -0.123.